The molecule has 0 unspecified atom stereocenters. The van der Waals surface area contributed by atoms with E-state index in [1.165, 1.54) is 25.2 Å². The van der Waals surface area contributed by atoms with Gasteiger partial charge in [-0.2, -0.15) is 5.10 Å². The second kappa shape index (κ2) is 6.65. The number of nitrogens with zero attached hydrogens (tertiary/aromatic N) is 2. The molecule has 2 fully saturated rings. The fourth-order valence-corrected chi connectivity index (χ4v) is 3.18. The molecule has 2 aliphatic rings. The highest BCUT2D eigenvalue weighted by Gasteiger charge is 2.37. The van der Waals surface area contributed by atoms with E-state index in [0.29, 0.717) is 0 Å². The van der Waals surface area contributed by atoms with Crippen LogP contribution in [0.15, 0.2) is 6.07 Å². The number of H-pyrrole nitrogens is 1. The van der Waals surface area contributed by atoms with Crippen LogP contribution in [0, 0.1) is 5.92 Å². The largest absolute Gasteiger partial charge is 0.315 e. The van der Waals surface area contributed by atoms with Crippen LogP contribution >= 0.6 is 24.8 Å². The van der Waals surface area contributed by atoms with Gasteiger partial charge in [-0.1, -0.05) is 20.8 Å². The van der Waals surface area contributed by atoms with E-state index in [-0.39, 0.29) is 30.2 Å². The number of rotatable bonds is 2. The Morgan fingerprint density at radius 1 is 1.30 bits per heavy atom. The molecule has 0 radical (unpaired) electrons. The van der Waals surface area contributed by atoms with Crippen molar-refractivity contribution in [1.29, 1.82) is 0 Å². The molecule has 1 aromatic rings. The van der Waals surface area contributed by atoms with Crippen LogP contribution in [-0.4, -0.2) is 40.8 Å². The molecule has 1 aromatic heterocycles. The van der Waals surface area contributed by atoms with E-state index in [1.807, 2.05) is 0 Å². The minimum atomic E-state index is 0. The molecule has 2 N–H and O–H groups in total. The van der Waals surface area contributed by atoms with Crippen LogP contribution in [0.3, 0.4) is 0 Å². The topological polar surface area (TPSA) is 44.0 Å². The van der Waals surface area contributed by atoms with Gasteiger partial charge in [-0.3, -0.25) is 10.00 Å². The lowest BCUT2D eigenvalue weighted by Crippen LogP contribution is -2.33. The van der Waals surface area contributed by atoms with Crippen molar-refractivity contribution in [3.05, 3.63) is 17.5 Å². The van der Waals surface area contributed by atoms with Gasteiger partial charge in [0.15, 0.2) is 0 Å². The fourth-order valence-electron chi connectivity index (χ4n) is 3.18. The van der Waals surface area contributed by atoms with Crippen LogP contribution in [0.25, 0.3) is 0 Å². The molecular formula is C14H26Cl2N4. The molecule has 6 heteroatoms. The van der Waals surface area contributed by atoms with Gasteiger partial charge in [0.25, 0.3) is 0 Å². The van der Waals surface area contributed by atoms with Gasteiger partial charge in [0.2, 0.25) is 0 Å². The number of fused-ring (bicyclic) bond motifs is 1. The Kier molecular flexibility index (Phi) is 5.90. The molecule has 0 saturated carbocycles. The summed E-state index contributed by atoms with van der Waals surface area (Å²) in [6, 6.07) is 2.97. The Hall–Kier alpha value is -0.290. The highest BCUT2D eigenvalue weighted by atomic mass is 35.5. The monoisotopic (exact) mass is 320 g/mol. The van der Waals surface area contributed by atoms with Crippen molar-refractivity contribution in [2.45, 2.75) is 45.2 Å². The highest BCUT2D eigenvalue weighted by molar-refractivity contribution is 5.85. The summed E-state index contributed by atoms with van der Waals surface area (Å²) in [5.41, 5.74) is 2.56. The lowest BCUT2D eigenvalue weighted by molar-refractivity contribution is 0.241. The Bertz CT molecular complexity index is 427. The third-order valence-electron chi connectivity index (χ3n) is 4.33. The number of likely N-dealkylation sites (tertiary alicyclic amines) is 1. The van der Waals surface area contributed by atoms with E-state index in [1.54, 1.807) is 0 Å². The van der Waals surface area contributed by atoms with Crippen molar-refractivity contribution in [3.8, 4) is 0 Å². The SMILES string of the molecule is CC(C)(C)c1cc(CN2CC[C@H]3CNC[C@H]32)[nH]n1.Cl.Cl. The summed E-state index contributed by atoms with van der Waals surface area (Å²) in [6.07, 6.45) is 1.35. The van der Waals surface area contributed by atoms with Crippen LogP contribution in [0.2, 0.25) is 0 Å². The Labute approximate surface area is 133 Å². The van der Waals surface area contributed by atoms with Gasteiger partial charge in [0.05, 0.1) is 5.69 Å². The van der Waals surface area contributed by atoms with Crippen molar-refractivity contribution in [3.63, 3.8) is 0 Å². The summed E-state index contributed by atoms with van der Waals surface area (Å²) >= 11 is 0. The molecule has 0 aromatic carbocycles. The molecule has 0 amide bonds. The average molecular weight is 321 g/mol. The van der Waals surface area contributed by atoms with E-state index < -0.39 is 0 Å². The normalized spacial score (nSPS) is 25.9. The number of aromatic amines is 1. The predicted molar refractivity (Wildman–Crippen MR) is 87.0 cm³/mol. The Balaban J connectivity index is 0.000001000. The zero-order valence-electron chi connectivity index (χ0n) is 12.5. The van der Waals surface area contributed by atoms with Gasteiger partial charge in [0, 0.05) is 30.2 Å². The Morgan fingerprint density at radius 3 is 2.70 bits per heavy atom. The predicted octanol–water partition coefficient (Wildman–Crippen LogP) is 2.34. The molecule has 116 valence electrons. The first-order valence-corrected chi connectivity index (χ1v) is 7.03. The van der Waals surface area contributed by atoms with E-state index >= 15 is 0 Å². The van der Waals surface area contributed by atoms with Crippen molar-refractivity contribution in [1.82, 2.24) is 20.4 Å². The molecule has 0 bridgehead atoms. The first-order valence-electron chi connectivity index (χ1n) is 7.03. The van der Waals surface area contributed by atoms with Gasteiger partial charge >= 0.3 is 0 Å². The molecule has 0 aliphatic carbocycles. The van der Waals surface area contributed by atoms with Gasteiger partial charge < -0.3 is 5.32 Å². The molecule has 2 saturated heterocycles. The zero-order chi connectivity index (χ0) is 12.8. The van der Waals surface area contributed by atoms with Crippen LogP contribution in [0.1, 0.15) is 38.6 Å². The minimum absolute atomic E-state index is 0. The van der Waals surface area contributed by atoms with Crippen molar-refractivity contribution < 1.29 is 0 Å². The summed E-state index contributed by atoms with van der Waals surface area (Å²) < 4.78 is 0. The summed E-state index contributed by atoms with van der Waals surface area (Å²) in [5.74, 6) is 0.870. The van der Waals surface area contributed by atoms with Crippen molar-refractivity contribution in [2.24, 2.45) is 5.92 Å². The van der Waals surface area contributed by atoms with Crippen LogP contribution < -0.4 is 5.32 Å². The van der Waals surface area contributed by atoms with Gasteiger partial charge in [0.1, 0.15) is 0 Å². The molecule has 20 heavy (non-hydrogen) atoms. The van der Waals surface area contributed by atoms with Crippen molar-refractivity contribution in [2.75, 3.05) is 19.6 Å². The van der Waals surface area contributed by atoms with E-state index in [4.69, 9.17) is 0 Å². The van der Waals surface area contributed by atoms with Crippen molar-refractivity contribution >= 4 is 24.8 Å². The minimum Gasteiger partial charge on any atom is -0.315 e. The second-order valence-corrected chi connectivity index (χ2v) is 6.77. The molecule has 4 nitrogen and oxygen atoms in total. The number of halogens is 2. The smallest absolute Gasteiger partial charge is 0.0678 e. The number of hydrogen-bond acceptors (Lipinski definition) is 3. The van der Waals surface area contributed by atoms with Crippen LogP contribution in [0.4, 0.5) is 0 Å². The third-order valence-corrected chi connectivity index (χ3v) is 4.33. The van der Waals surface area contributed by atoms with Crippen LogP contribution in [-0.2, 0) is 12.0 Å². The van der Waals surface area contributed by atoms with Gasteiger partial charge in [-0.15, -0.1) is 24.8 Å². The quantitative estimate of drug-likeness (QED) is 0.879. The summed E-state index contributed by atoms with van der Waals surface area (Å²) in [5, 5.41) is 11.2. The van der Waals surface area contributed by atoms with Crippen LogP contribution in [0.5, 0.6) is 0 Å². The third kappa shape index (κ3) is 3.48. The second-order valence-electron chi connectivity index (χ2n) is 6.77. The lowest BCUT2D eigenvalue weighted by atomic mass is 9.92. The zero-order valence-corrected chi connectivity index (χ0v) is 14.1. The molecule has 0 spiro atoms. The molecular weight excluding hydrogens is 295 g/mol. The first-order chi connectivity index (χ1) is 8.54. The van der Waals surface area contributed by atoms with Gasteiger partial charge in [-0.25, -0.2) is 0 Å². The number of hydrogen-bond donors (Lipinski definition) is 2. The summed E-state index contributed by atoms with van der Waals surface area (Å²) in [4.78, 5) is 2.60. The Morgan fingerprint density at radius 2 is 2.05 bits per heavy atom. The fraction of sp³-hybridized carbons (Fsp3) is 0.786. The average Bonchev–Trinajstić information content (AvgIpc) is 2.95. The first kappa shape index (κ1) is 17.8. The maximum Gasteiger partial charge on any atom is 0.0678 e. The van der Waals surface area contributed by atoms with E-state index in [2.05, 4.69) is 47.3 Å². The standard InChI is InChI=1S/C14H24N4.2ClH/c1-14(2,3)13-6-11(16-17-13)9-18-5-4-10-7-15-8-12(10)18;;/h6,10,12,15H,4-5,7-9H2,1-3H3,(H,16,17);2*1H/t10-,12+;;/m0../s1. The lowest BCUT2D eigenvalue weighted by Gasteiger charge is -2.22. The molecule has 3 rings (SSSR count). The molecule has 2 atom stereocenters. The van der Waals surface area contributed by atoms with E-state index in [9.17, 15) is 0 Å². The van der Waals surface area contributed by atoms with Gasteiger partial charge in [-0.05, 0) is 31.5 Å². The highest BCUT2D eigenvalue weighted by Crippen LogP contribution is 2.29. The van der Waals surface area contributed by atoms with E-state index in [0.717, 1.165) is 30.7 Å². The summed E-state index contributed by atoms with van der Waals surface area (Å²) in [6.45, 7) is 11.2. The summed E-state index contributed by atoms with van der Waals surface area (Å²) in [7, 11) is 0. The molecule has 2 aliphatic heterocycles. The number of aromatic nitrogens is 2. The molecule has 3 heterocycles. The maximum atomic E-state index is 4.45. The maximum absolute atomic E-state index is 4.45. The number of nitrogens with one attached hydrogen (secondary N) is 2.